The zero-order chi connectivity index (χ0) is 15.5. The first kappa shape index (κ1) is 16.7. The largest absolute Gasteiger partial charge is 0.381 e. The Morgan fingerprint density at radius 3 is 2.67 bits per heavy atom. The summed E-state index contributed by atoms with van der Waals surface area (Å²) in [6.07, 6.45) is 3.29. The molecule has 118 valence electrons. The molecule has 0 spiro atoms. The Morgan fingerprint density at radius 2 is 2.05 bits per heavy atom. The summed E-state index contributed by atoms with van der Waals surface area (Å²) in [5.41, 5.74) is 0.653. The highest BCUT2D eigenvalue weighted by molar-refractivity contribution is 7.90. The number of rotatable bonds is 5. The van der Waals surface area contributed by atoms with Gasteiger partial charge in [0.05, 0.1) is 4.90 Å². The minimum absolute atomic E-state index is 0.303. The average Bonchev–Trinajstić information content (AvgIpc) is 2.45. The van der Waals surface area contributed by atoms with Crippen molar-refractivity contribution in [2.24, 2.45) is 5.92 Å². The Labute approximate surface area is 131 Å². The minimum atomic E-state index is -3.27. The van der Waals surface area contributed by atoms with Crippen molar-refractivity contribution >= 4 is 21.4 Å². The summed E-state index contributed by atoms with van der Waals surface area (Å²) in [6, 6.07) is 5.31. The summed E-state index contributed by atoms with van der Waals surface area (Å²) in [5, 5.41) is 3.91. The van der Waals surface area contributed by atoms with Crippen LogP contribution in [0.5, 0.6) is 0 Å². The molecular formula is C15H22ClNO3S. The summed E-state index contributed by atoms with van der Waals surface area (Å²) in [5.74, 6) is 0.558. The van der Waals surface area contributed by atoms with E-state index in [0.29, 0.717) is 34.0 Å². The van der Waals surface area contributed by atoms with Gasteiger partial charge in [0.1, 0.15) is 0 Å². The fraction of sp³-hybridized carbons (Fsp3) is 0.600. The van der Waals surface area contributed by atoms with Crippen molar-refractivity contribution in [2.75, 3.05) is 19.5 Å². The van der Waals surface area contributed by atoms with Crippen molar-refractivity contribution in [1.29, 1.82) is 0 Å². The number of sulfone groups is 1. The van der Waals surface area contributed by atoms with E-state index in [4.69, 9.17) is 16.3 Å². The Hall–Kier alpha value is -0.620. The van der Waals surface area contributed by atoms with Gasteiger partial charge in [-0.3, -0.25) is 0 Å². The fourth-order valence-electron chi connectivity index (χ4n) is 2.70. The summed E-state index contributed by atoms with van der Waals surface area (Å²) < 4.78 is 29.1. The third-order valence-corrected chi connectivity index (χ3v) is 5.58. The molecule has 1 aromatic rings. The molecule has 1 heterocycles. The fourth-order valence-corrected chi connectivity index (χ4v) is 3.96. The molecule has 0 radical (unpaired) electrons. The van der Waals surface area contributed by atoms with E-state index in [9.17, 15) is 8.42 Å². The molecule has 0 aromatic heterocycles. The zero-order valence-corrected chi connectivity index (χ0v) is 14.0. The smallest absolute Gasteiger partial charge is 0.175 e. The SMILES string of the molecule is CC(NCc1c(Cl)cccc1S(C)(=O)=O)C1CCOCC1. The topological polar surface area (TPSA) is 55.4 Å². The van der Waals surface area contributed by atoms with Crippen LogP contribution in [-0.4, -0.2) is 33.9 Å². The van der Waals surface area contributed by atoms with E-state index < -0.39 is 9.84 Å². The highest BCUT2D eigenvalue weighted by Crippen LogP contribution is 2.25. The molecule has 2 rings (SSSR count). The van der Waals surface area contributed by atoms with E-state index in [1.807, 2.05) is 0 Å². The molecule has 0 bridgehead atoms. The monoisotopic (exact) mass is 331 g/mol. The standard InChI is InChI=1S/C15H22ClNO3S/c1-11(12-6-8-20-9-7-12)17-10-13-14(16)4-3-5-15(13)21(2,18)19/h3-5,11-12,17H,6-10H2,1-2H3. The van der Waals surface area contributed by atoms with E-state index >= 15 is 0 Å². The molecule has 1 unspecified atom stereocenters. The van der Waals surface area contributed by atoms with Gasteiger partial charge in [0, 0.05) is 42.6 Å². The van der Waals surface area contributed by atoms with Gasteiger partial charge >= 0.3 is 0 Å². The van der Waals surface area contributed by atoms with Gasteiger partial charge in [-0.1, -0.05) is 17.7 Å². The summed E-state index contributed by atoms with van der Waals surface area (Å²) in [4.78, 5) is 0.307. The molecule has 1 fully saturated rings. The normalized spacial score (nSPS) is 18.6. The Morgan fingerprint density at radius 1 is 1.38 bits per heavy atom. The maximum Gasteiger partial charge on any atom is 0.175 e. The molecule has 4 nitrogen and oxygen atoms in total. The lowest BCUT2D eigenvalue weighted by atomic mass is 9.93. The molecule has 1 atom stereocenters. The van der Waals surface area contributed by atoms with Crippen LogP contribution in [-0.2, 0) is 21.1 Å². The lowest BCUT2D eigenvalue weighted by molar-refractivity contribution is 0.0557. The van der Waals surface area contributed by atoms with Gasteiger partial charge in [-0.2, -0.15) is 0 Å². The zero-order valence-electron chi connectivity index (χ0n) is 12.4. The average molecular weight is 332 g/mol. The van der Waals surface area contributed by atoms with E-state index in [-0.39, 0.29) is 0 Å². The van der Waals surface area contributed by atoms with Crippen LogP contribution >= 0.6 is 11.6 Å². The molecule has 1 aliphatic rings. The number of halogens is 1. The van der Waals surface area contributed by atoms with Crippen LogP contribution in [0, 0.1) is 5.92 Å². The number of hydrogen-bond donors (Lipinski definition) is 1. The van der Waals surface area contributed by atoms with Gasteiger partial charge in [-0.05, 0) is 37.8 Å². The first-order chi connectivity index (χ1) is 9.89. The third kappa shape index (κ3) is 4.42. The van der Waals surface area contributed by atoms with Gasteiger partial charge in [0.25, 0.3) is 0 Å². The molecule has 21 heavy (non-hydrogen) atoms. The van der Waals surface area contributed by atoms with E-state index in [0.717, 1.165) is 26.1 Å². The molecule has 1 aromatic carbocycles. The van der Waals surface area contributed by atoms with Gasteiger partial charge < -0.3 is 10.1 Å². The summed E-state index contributed by atoms with van der Waals surface area (Å²) in [7, 11) is -3.27. The quantitative estimate of drug-likeness (QED) is 0.901. The van der Waals surface area contributed by atoms with Crippen LogP contribution in [0.1, 0.15) is 25.3 Å². The first-order valence-electron chi connectivity index (χ1n) is 7.18. The molecule has 1 aliphatic heterocycles. The maximum absolute atomic E-state index is 11.8. The molecule has 1 saturated heterocycles. The highest BCUT2D eigenvalue weighted by Gasteiger charge is 2.21. The first-order valence-corrected chi connectivity index (χ1v) is 9.45. The van der Waals surface area contributed by atoms with Crippen molar-refractivity contribution in [3.05, 3.63) is 28.8 Å². The van der Waals surface area contributed by atoms with E-state index in [1.165, 1.54) is 6.26 Å². The second-order valence-electron chi connectivity index (χ2n) is 5.61. The molecule has 0 amide bonds. The minimum Gasteiger partial charge on any atom is -0.381 e. The second kappa shape index (κ2) is 7.09. The third-order valence-electron chi connectivity index (χ3n) is 4.05. The molecule has 6 heteroatoms. The van der Waals surface area contributed by atoms with Crippen LogP contribution in [0.15, 0.2) is 23.1 Å². The Kier molecular flexibility index (Phi) is 5.66. The molecule has 0 saturated carbocycles. The maximum atomic E-state index is 11.8. The lowest BCUT2D eigenvalue weighted by Gasteiger charge is -2.28. The van der Waals surface area contributed by atoms with Crippen molar-refractivity contribution in [3.63, 3.8) is 0 Å². The molecule has 0 aliphatic carbocycles. The van der Waals surface area contributed by atoms with Gasteiger partial charge in [-0.15, -0.1) is 0 Å². The lowest BCUT2D eigenvalue weighted by Crippen LogP contribution is -2.36. The van der Waals surface area contributed by atoms with Gasteiger partial charge in [0.15, 0.2) is 9.84 Å². The highest BCUT2D eigenvalue weighted by atomic mass is 35.5. The van der Waals surface area contributed by atoms with Crippen molar-refractivity contribution in [2.45, 2.75) is 37.2 Å². The Bertz CT molecular complexity index is 583. The van der Waals surface area contributed by atoms with E-state index in [1.54, 1.807) is 18.2 Å². The number of benzene rings is 1. The molecular weight excluding hydrogens is 310 g/mol. The number of ether oxygens (including phenoxy) is 1. The van der Waals surface area contributed by atoms with Crippen molar-refractivity contribution < 1.29 is 13.2 Å². The predicted octanol–water partition coefficient (Wildman–Crippen LogP) is 2.65. The van der Waals surface area contributed by atoms with E-state index in [2.05, 4.69) is 12.2 Å². The van der Waals surface area contributed by atoms with Gasteiger partial charge in [0.2, 0.25) is 0 Å². The predicted molar refractivity (Wildman–Crippen MR) is 84.4 cm³/mol. The van der Waals surface area contributed by atoms with Crippen LogP contribution in [0.25, 0.3) is 0 Å². The van der Waals surface area contributed by atoms with Crippen molar-refractivity contribution in [3.8, 4) is 0 Å². The van der Waals surface area contributed by atoms with Crippen LogP contribution < -0.4 is 5.32 Å². The van der Waals surface area contributed by atoms with Crippen molar-refractivity contribution in [1.82, 2.24) is 5.32 Å². The second-order valence-corrected chi connectivity index (χ2v) is 8.00. The molecule has 1 N–H and O–H groups in total. The number of nitrogens with one attached hydrogen (secondary N) is 1. The van der Waals surface area contributed by atoms with Crippen LogP contribution in [0.3, 0.4) is 0 Å². The summed E-state index contributed by atoms with van der Waals surface area (Å²) >= 11 is 6.18. The van der Waals surface area contributed by atoms with Crippen LogP contribution in [0.4, 0.5) is 0 Å². The number of hydrogen-bond acceptors (Lipinski definition) is 4. The Balaban J connectivity index is 2.09. The van der Waals surface area contributed by atoms with Crippen LogP contribution in [0.2, 0.25) is 5.02 Å². The van der Waals surface area contributed by atoms with Gasteiger partial charge in [-0.25, -0.2) is 8.42 Å². The summed E-state index contributed by atoms with van der Waals surface area (Å²) in [6.45, 7) is 4.20.